The third kappa shape index (κ3) is 4.56. The zero-order valence-electron chi connectivity index (χ0n) is 15.9. The van der Waals surface area contributed by atoms with Gasteiger partial charge in [0.1, 0.15) is 6.54 Å². The molecule has 5 nitrogen and oxygen atoms in total. The molecule has 0 saturated carbocycles. The van der Waals surface area contributed by atoms with Crippen LogP contribution in [-0.2, 0) is 16.6 Å². The summed E-state index contributed by atoms with van der Waals surface area (Å²) >= 11 is 0. The summed E-state index contributed by atoms with van der Waals surface area (Å²) in [6.07, 6.45) is 0. The molecule has 2 aromatic carbocycles. The van der Waals surface area contributed by atoms with Crippen LogP contribution in [0.3, 0.4) is 0 Å². The van der Waals surface area contributed by atoms with E-state index in [1.54, 1.807) is 22.5 Å². The van der Waals surface area contributed by atoms with Crippen LogP contribution >= 0.6 is 0 Å². The van der Waals surface area contributed by atoms with Crippen molar-refractivity contribution in [3.8, 4) is 6.07 Å². The quantitative estimate of drug-likeness (QED) is 0.854. The average molecular weight is 385 g/mol. The molecule has 0 radical (unpaired) electrons. The van der Waals surface area contributed by atoms with Crippen molar-refractivity contribution >= 4 is 10.0 Å². The number of hydrogen-bond acceptors (Lipinski definition) is 3. The van der Waals surface area contributed by atoms with Crippen LogP contribution in [0.5, 0.6) is 0 Å². The third-order valence-corrected chi connectivity index (χ3v) is 7.04. The van der Waals surface area contributed by atoms with Gasteiger partial charge >= 0.3 is 0 Å². The predicted octanol–water partition coefficient (Wildman–Crippen LogP) is 1.77. The number of nitrogens with one attached hydrogen (secondary N) is 1. The van der Waals surface area contributed by atoms with Gasteiger partial charge in [-0.05, 0) is 35.7 Å². The van der Waals surface area contributed by atoms with E-state index in [9.17, 15) is 8.42 Å². The molecule has 1 N–H and O–H groups in total. The number of nitrogens with zero attached hydrogens (tertiary/aromatic N) is 2. The molecular formula is C21H26N3O2S+. The van der Waals surface area contributed by atoms with E-state index in [1.165, 1.54) is 4.90 Å². The minimum absolute atomic E-state index is 0.372. The summed E-state index contributed by atoms with van der Waals surface area (Å²) in [6.45, 7) is 7.56. The van der Waals surface area contributed by atoms with Crippen LogP contribution in [0, 0.1) is 11.3 Å². The van der Waals surface area contributed by atoms with Crippen LogP contribution in [0.4, 0.5) is 0 Å². The summed E-state index contributed by atoms with van der Waals surface area (Å²) in [5.74, 6) is 0.383. The van der Waals surface area contributed by atoms with Gasteiger partial charge in [0.05, 0.1) is 42.7 Å². The molecule has 6 heteroatoms. The van der Waals surface area contributed by atoms with Crippen molar-refractivity contribution in [2.24, 2.45) is 0 Å². The second kappa shape index (κ2) is 8.22. The van der Waals surface area contributed by atoms with Crippen LogP contribution in [0.1, 0.15) is 36.5 Å². The average Bonchev–Trinajstić information content (AvgIpc) is 2.68. The van der Waals surface area contributed by atoms with E-state index >= 15 is 0 Å². The molecule has 0 amide bonds. The highest BCUT2D eigenvalue weighted by molar-refractivity contribution is 7.89. The molecule has 1 heterocycles. The van der Waals surface area contributed by atoms with Crippen LogP contribution in [0.2, 0.25) is 0 Å². The zero-order chi connectivity index (χ0) is 19.4. The number of benzene rings is 2. The second-order valence-electron chi connectivity index (χ2n) is 7.37. The number of quaternary nitrogens is 1. The van der Waals surface area contributed by atoms with Gasteiger partial charge in [-0.25, -0.2) is 8.42 Å². The normalized spacial score (nSPS) is 16.4. The molecule has 142 valence electrons. The minimum atomic E-state index is -3.43. The molecule has 0 aliphatic carbocycles. The molecule has 0 aromatic heterocycles. The van der Waals surface area contributed by atoms with Crippen molar-refractivity contribution in [1.82, 2.24) is 4.31 Å². The van der Waals surface area contributed by atoms with Crippen molar-refractivity contribution in [2.45, 2.75) is 31.2 Å². The van der Waals surface area contributed by atoms with E-state index < -0.39 is 10.0 Å². The lowest BCUT2D eigenvalue weighted by Crippen LogP contribution is -3.13. The molecule has 1 fully saturated rings. The topological polar surface area (TPSA) is 65.6 Å². The molecule has 2 aromatic rings. The Bertz CT molecular complexity index is 923. The van der Waals surface area contributed by atoms with E-state index in [0.29, 0.717) is 29.5 Å². The van der Waals surface area contributed by atoms with Gasteiger partial charge in [0.25, 0.3) is 0 Å². The molecular weight excluding hydrogens is 358 g/mol. The first kappa shape index (κ1) is 19.6. The molecule has 3 rings (SSSR count). The maximum Gasteiger partial charge on any atom is 0.243 e. The first-order valence-corrected chi connectivity index (χ1v) is 10.8. The van der Waals surface area contributed by atoms with Crippen molar-refractivity contribution in [3.05, 3.63) is 65.2 Å². The number of nitriles is 1. The first-order valence-electron chi connectivity index (χ1n) is 9.33. The first-order chi connectivity index (χ1) is 12.9. The van der Waals surface area contributed by atoms with Gasteiger partial charge in [0.2, 0.25) is 10.0 Å². The predicted molar refractivity (Wildman–Crippen MR) is 105 cm³/mol. The van der Waals surface area contributed by atoms with E-state index in [2.05, 4.69) is 19.9 Å². The highest BCUT2D eigenvalue weighted by Gasteiger charge is 2.30. The minimum Gasteiger partial charge on any atom is -0.329 e. The highest BCUT2D eigenvalue weighted by atomic mass is 32.2. The van der Waals surface area contributed by atoms with Gasteiger partial charge in [0, 0.05) is 5.56 Å². The lowest BCUT2D eigenvalue weighted by atomic mass is 10.0. The molecule has 27 heavy (non-hydrogen) atoms. The lowest BCUT2D eigenvalue weighted by molar-refractivity contribution is -0.917. The fraction of sp³-hybridized carbons (Fsp3) is 0.381. The van der Waals surface area contributed by atoms with Crippen LogP contribution in [-0.4, -0.2) is 38.9 Å². The summed E-state index contributed by atoms with van der Waals surface area (Å²) in [4.78, 5) is 1.71. The Morgan fingerprint density at radius 2 is 1.78 bits per heavy atom. The lowest BCUT2D eigenvalue weighted by Gasteiger charge is -2.31. The van der Waals surface area contributed by atoms with Crippen molar-refractivity contribution in [2.75, 3.05) is 26.2 Å². The molecule has 1 aliphatic heterocycles. The Balaban J connectivity index is 1.63. The standard InChI is InChI=1S/C21H25N3O2S/c1-17(2)20-6-8-21(9-7-20)27(25,26)24-12-10-23(11-13-24)16-19-5-3-4-18(14-19)15-22/h3-9,14,17H,10-13,16H2,1-2H3/p+1. The summed E-state index contributed by atoms with van der Waals surface area (Å²) in [6, 6.07) is 17.0. The summed E-state index contributed by atoms with van der Waals surface area (Å²) in [7, 11) is -3.43. The third-order valence-electron chi connectivity index (χ3n) is 5.12. The number of rotatable bonds is 5. The second-order valence-corrected chi connectivity index (χ2v) is 9.30. The van der Waals surface area contributed by atoms with E-state index in [-0.39, 0.29) is 0 Å². The summed E-state index contributed by atoms with van der Waals surface area (Å²) in [5, 5.41) is 9.02. The Labute approximate surface area is 161 Å². The number of sulfonamides is 1. The van der Waals surface area contributed by atoms with E-state index in [1.807, 2.05) is 30.3 Å². The zero-order valence-corrected chi connectivity index (χ0v) is 16.7. The van der Waals surface area contributed by atoms with E-state index in [0.717, 1.165) is 30.8 Å². The maximum atomic E-state index is 12.9. The maximum absolute atomic E-state index is 12.9. The molecule has 0 bridgehead atoms. The molecule has 0 unspecified atom stereocenters. The fourth-order valence-corrected chi connectivity index (χ4v) is 4.87. The Morgan fingerprint density at radius 3 is 2.37 bits per heavy atom. The van der Waals surface area contributed by atoms with Crippen molar-refractivity contribution in [1.29, 1.82) is 5.26 Å². The van der Waals surface area contributed by atoms with E-state index in [4.69, 9.17) is 5.26 Å². The van der Waals surface area contributed by atoms with Gasteiger partial charge in [-0.3, -0.25) is 0 Å². The fourth-order valence-electron chi connectivity index (χ4n) is 3.43. The Morgan fingerprint density at radius 1 is 1.11 bits per heavy atom. The molecule has 0 atom stereocenters. The van der Waals surface area contributed by atoms with Gasteiger partial charge in [0.15, 0.2) is 0 Å². The number of hydrogen-bond donors (Lipinski definition) is 1. The smallest absolute Gasteiger partial charge is 0.243 e. The largest absolute Gasteiger partial charge is 0.329 e. The Hall–Kier alpha value is -2.20. The molecule has 1 aliphatic rings. The van der Waals surface area contributed by atoms with Gasteiger partial charge in [-0.15, -0.1) is 0 Å². The molecule has 0 spiro atoms. The van der Waals surface area contributed by atoms with Crippen LogP contribution in [0.15, 0.2) is 53.4 Å². The van der Waals surface area contributed by atoms with Gasteiger partial charge < -0.3 is 4.90 Å². The summed E-state index contributed by atoms with van der Waals surface area (Å²) < 4.78 is 27.4. The van der Waals surface area contributed by atoms with Crippen molar-refractivity contribution in [3.63, 3.8) is 0 Å². The summed E-state index contributed by atoms with van der Waals surface area (Å²) in [5.41, 5.74) is 2.92. The monoisotopic (exact) mass is 384 g/mol. The molecule has 1 saturated heterocycles. The van der Waals surface area contributed by atoms with Crippen molar-refractivity contribution < 1.29 is 13.3 Å². The SMILES string of the molecule is CC(C)c1ccc(S(=O)(=O)N2CC[NH+](Cc3cccc(C#N)c3)CC2)cc1. The number of piperazine rings is 1. The van der Waals surface area contributed by atoms with Gasteiger partial charge in [-0.2, -0.15) is 9.57 Å². The Kier molecular flexibility index (Phi) is 5.95. The van der Waals surface area contributed by atoms with Gasteiger partial charge in [-0.1, -0.05) is 38.1 Å². The van der Waals surface area contributed by atoms with Crippen LogP contribution in [0.25, 0.3) is 0 Å². The van der Waals surface area contributed by atoms with Crippen LogP contribution < -0.4 is 4.90 Å². The highest BCUT2D eigenvalue weighted by Crippen LogP contribution is 2.20.